The number of hydrogen-bond donors (Lipinski definition) is 0. The third kappa shape index (κ3) is 7.56. The standard InChI is InChI=1S/C11H25NOSi2/c1-8-11(13)12(9-14(2,3)4)10-15(5,6)7/h8H,1,9-10H2,2-7H3. The maximum absolute atomic E-state index is 11.7. The van der Waals surface area contributed by atoms with Crippen LogP contribution in [0.1, 0.15) is 0 Å². The van der Waals surface area contributed by atoms with E-state index in [0.717, 1.165) is 12.3 Å². The maximum Gasteiger partial charge on any atom is 0.245 e. The van der Waals surface area contributed by atoms with E-state index < -0.39 is 16.1 Å². The number of carbonyl (C=O) groups excluding carboxylic acids is 1. The van der Waals surface area contributed by atoms with Crippen molar-refractivity contribution in [1.29, 1.82) is 0 Å². The first-order chi connectivity index (χ1) is 6.55. The van der Waals surface area contributed by atoms with Gasteiger partial charge >= 0.3 is 0 Å². The zero-order chi connectivity index (χ0) is 12.3. The van der Waals surface area contributed by atoms with Crippen LogP contribution in [0.2, 0.25) is 39.3 Å². The SMILES string of the molecule is C=CC(=O)N(C[Si](C)(C)C)C[Si](C)(C)C. The van der Waals surface area contributed by atoms with Gasteiger partial charge in [-0.15, -0.1) is 0 Å². The summed E-state index contributed by atoms with van der Waals surface area (Å²) in [6.45, 7) is 17.3. The lowest BCUT2D eigenvalue weighted by atomic mass is 10.5. The number of carbonyl (C=O) groups is 1. The molecule has 88 valence electrons. The normalized spacial score (nSPS) is 12.4. The van der Waals surface area contributed by atoms with Gasteiger partial charge in [-0.05, 0) is 6.08 Å². The van der Waals surface area contributed by atoms with Crippen molar-refractivity contribution in [3.05, 3.63) is 12.7 Å². The van der Waals surface area contributed by atoms with Crippen LogP contribution in [0.5, 0.6) is 0 Å². The van der Waals surface area contributed by atoms with Gasteiger partial charge in [0.2, 0.25) is 5.91 Å². The summed E-state index contributed by atoms with van der Waals surface area (Å²) in [7, 11) is -2.44. The van der Waals surface area contributed by atoms with Gasteiger partial charge in [0.1, 0.15) is 0 Å². The molecule has 0 radical (unpaired) electrons. The van der Waals surface area contributed by atoms with Gasteiger partial charge in [-0.1, -0.05) is 45.9 Å². The van der Waals surface area contributed by atoms with Crippen LogP contribution >= 0.6 is 0 Å². The highest BCUT2D eigenvalue weighted by Gasteiger charge is 2.25. The van der Waals surface area contributed by atoms with Crippen LogP contribution in [0.3, 0.4) is 0 Å². The Kier molecular flexibility index (Phi) is 5.00. The largest absolute Gasteiger partial charge is 0.345 e. The molecule has 4 heteroatoms. The number of hydrogen-bond acceptors (Lipinski definition) is 1. The number of amides is 1. The van der Waals surface area contributed by atoms with Gasteiger partial charge in [0, 0.05) is 12.3 Å². The highest BCUT2D eigenvalue weighted by atomic mass is 28.3. The van der Waals surface area contributed by atoms with Crippen molar-refractivity contribution in [3.8, 4) is 0 Å². The summed E-state index contributed by atoms with van der Waals surface area (Å²) < 4.78 is 0. The van der Waals surface area contributed by atoms with Gasteiger partial charge < -0.3 is 4.90 Å². The third-order valence-electron chi connectivity index (χ3n) is 1.82. The average molecular weight is 243 g/mol. The predicted octanol–water partition coefficient (Wildman–Crippen LogP) is 2.76. The summed E-state index contributed by atoms with van der Waals surface area (Å²) in [5, 5.41) is 0. The Labute approximate surface area is 96.4 Å². The van der Waals surface area contributed by atoms with Gasteiger partial charge in [-0.25, -0.2) is 0 Å². The van der Waals surface area contributed by atoms with E-state index >= 15 is 0 Å². The molecule has 0 saturated carbocycles. The molecule has 1 amide bonds. The number of nitrogens with zero attached hydrogens (tertiary/aromatic N) is 1. The van der Waals surface area contributed by atoms with E-state index in [0.29, 0.717) is 0 Å². The summed E-state index contributed by atoms with van der Waals surface area (Å²) in [5.41, 5.74) is 0. The monoisotopic (exact) mass is 243 g/mol. The minimum atomic E-state index is -1.22. The predicted molar refractivity (Wildman–Crippen MR) is 73.5 cm³/mol. The molecule has 0 aliphatic carbocycles. The lowest BCUT2D eigenvalue weighted by Crippen LogP contribution is -2.49. The molecule has 0 unspecified atom stereocenters. The molecule has 0 aromatic heterocycles. The Morgan fingerprint density at radius 2 is 1.40 bits per heavy atom. The molecule has 0 saturated heterocycles. The summed E-state index contributed by atoms with van der Waals surface area (Å²) >= 11 is 0. The molecular weight excluding hydrogens is 218 g/mol. The van der Waals surface area contributed by atoms with Crippen molar-refractivity contribution in [3.63, 3.8) is 0 Å². The highest BCUT2D eigenvalue weighted by molar-refractivity contribution is 6.78. The van der Waals surface area contributed by atoms with Crippen LogP contribution in [0.15, 0.2) is 12.7 Å². The van der Waals surface area contributed by atoms with Crippen molar-refractivity contribution in [2.24, 2.45) is 0 Å². The average Bonchev–Trinajstić information content (AvgIpc) is 1.96. The summed E-state index contributed by atoms with van der Waals surface area (Å²) in [4.78, 5) is 13.7. The Morgan fingerprint density at radius 1 is 1.07 bits per heavy atom. The summed E-state index contributed by atoms with van der Waals surface area (Å²) in [6.07, 6.45) is 3.34. The van der Waals surface area contributed by atoms with Crippen LogP contribution in [-0.4, -0.2) is 39.3 Å². The molecule has 0 heterocycles. The zero-order valence-electron chi connectivity index (χ0n) is 11.1. The molecule has 0 spiro atoms. The summed E-state index contributed by atoms with van der Waals surface area (Å²) in [6, 6.07) is 0. The van der Waals surface area contributed by atoms with Crippen molar-refractivity contribution < 1.29 is 4.79 Å². The molecule has 0 N–H and O–H groups in total. The molecule has 0 aliphatic rings. The second-order valence-electron chi connectivity index (χ2n) is 6.52. The molecule has 0 bridgehead atoms. The van der Waals surface area contributed by atoms with E-state index in [-0.39, 0.29) is 5.91 Å². The van der Waals surface area contributed by atoms with Crippen molar-refractivity contribution in [2.45, 2.75) is 39.3 Å². The lowest BCUT2D eigenvalue weighted by molar-refractivity contribution is -0.124. The molecule has 0 rings (SSSR count). The molecular formula is C11H25NOSi2. The first kappa shape index (κ1) is 14.6. The first-order valence-electron chi connectivity index (χ1n) is 5.46. The minimum Gasteiger partial charge on any atom is -0.345 e. The molecule has 0 atom stereocenters. The zero-order valence-corrected chi connectivity index (χ0v) is 13.1. The Hall–Kier alpha value is -0.356. The number of rotatable bonds is 5. The molecule has 2 nitrogen and oxygen atoms in total. The fourth-order valence-corrected chi connectivity index (χ4v) is 4.54. The van der Waals surface area contributed by atoms with E-state index in [2.05, 4.69) is 45.9 Å². The highest BCUT2D eigenvalue weighted by Crippen LogP contribution is 2.10. The van der Waals surface area contributed by atoms with Gasteiger partial charge in [0.15, 0.2) is 0 Å². The van der Waals surface area contributed by atoms with E-state index in [1.54, 1.807) is 0 Å². The smallest absolute Gasteiger partial charge is 0.245 e. The van der Waals surface area contributed by atoms with Crippen molar-refractivity contribution in [2.75, 3.05) is 12.3 Å². The molecule has 0 aliphatic heterocycles. The topological polar surface area (TPSA) is 20.3 Å². The Balaban J connectivity index is 4.60. The summed E-state index contributed by atoms with van der Waals surface area (Å²) in [5.74, 6) is 0.0971. The van der Waals surface area contributed by atoms with E-state index in [1.165, 1.54) is 6.08 Å². The maximum atomic E-state index is 11.7. The van der Waals surface area contributed by atoms with Gasteiger partial charge in [-0.3, -0.25) is 4.79 Å². The lowest BCUT2D eigenvalue weighted by Gasteiger charge is -2.32. The molecule has 0 aromatic rings. The van der Waals surface area contributed by atoms with E-state index in [4.69, 9.17) is 0 Å². The molecule has 15 heavy (non-hydrogen) atoms. The second-order valence-corrected chi connectivity index (χ2v) is 17.4. The van der Waals surface area contributed by atoms with E-state index in [1.807, 2.05) is 4.90 Å². The van der Waals surface area contributed by atoms with Crippen LogP contribution in [-0.2, 0) is 4.79 Å². The quantitative estimate of drug-likeness (QED) is 0.537. The minimum absolute atomic E-state index is 0.0971. The van der Waals surface area contributed by atoms with Crippen LogP contribution in [0.25, 0.3) is 0 Å². The Bertz CT molecular complexity index is 222. The fraction of sp³-hybridized carbons (Fsp3) is 0.727. The van der Waals surface area contributed by atoms with Gasteiger partial charge in [0.05, 0.1) is 16.1 Å². The Morgan fingerprint density at radius 3 is 1.60 bits per heavy atom. The van der Waals surface area contributed by atoms with Crippen molar-refractivity contribution in [1.82, 2.24) is 4.90 Å². The van der Waals surface area contributed by atoms with Crippen LogP contribution in [0.4, 0.5) is 0 Å². The van der Waals surface area contributed by atoms with Crippen LogP contribution in [0, 0.1) is 0 Å². The van der Waals surface area contributed by atoms with Crippen molar-refractivity contribution >= 4 is 22.1 Å². The third-order valence-corrected chi connectivity index (χ3v) is 4.48. The van der Waals surface area contributed by atoms with Gasteiger partial charge in [-0.2, -0.15) is 0 Å². The first-order valence-corrected chi connectivity index (χ1v) is 12.9. The second kappa shape index (κ2) is 5.12. The molecule has 0 fully saturated rings. The fourth-order valence-electron chi connectivity index (χ4n) is 1.49. The van der Waals surface area contributed by atoms with E-state index in [9.17, 15) is 4.79 Å². The molecule has 0 aromatic carbocycles. The van der Waals surface area contributed by atoms with Gasteiger partial charge in [0.25, 0.3) is 0 Å². The van der Waals surface area contributed by atoms with Crippen LogP contribution < -0.4 is 0 Å².